The van der Waals surface area contributed by atoms with Gasteiger partial charge in [0.05, 0.1) is 16.8 Å². The van der Waals surface area contributed by atoms with Gasteiger partial charge in [-0.1, -0.05) is 12.1 Å². The van der Waals surface area contributed by atoms with Crippen LogP contribution in [0.4, 0.5) is 0 Å². The summed E-state index contributed by atoms with van der Waals surface area (Å²) in [5.74, 6) is 0. The van der Waals surface area contributed by atoms with Crippen LogP contribution in [0, 0.1) is 27.7 Å². The third-order valence-electron chi connectivity index (χ3n) is 5.30. The van der Waals surface area contributed by atoms with Crippen LogP contribution in [0.3, 0.4) is 0 Å². The zero-order valence-electron chi connectivity index (χ0n) is 15.8. The molecule has 2 nitrogen and oxygen atoms in total. The number of hydrogen-bond acceptors (Lipinski definition) is 4. The Morgan fingerprint density at radius 2 is 1.11 bits per heavy atom. The maximum absolute atomic E-state index is 4.84. The fourth-order valence-corrected chi connectivity index (χ4v) is 6.43. The van der Waals surface area contributed by atoms with E-state index in [1.165, 1.54) is 41.8 Å². The summed E-state index contributed by atoms with van der Waals surface area (Å²) in [6, 6.07) is 13.7. The average Bonchev–Trinajstić information content (AvgIpc) is 3.31. The number of pyridine rings is 2. The molecule has 0 aliphatic heterocycles. The van der Waals surface area contributed by atoms with Crippen molar-refractivity contribution in [3.05, 3.63) is 90.6 Å². The third kappa shape index (κ3) is 2.30. The highest BCUT2D eigenvalue weighted by Crippen LogP contribution is 2.57. The van der Waals surface area contributed by atoms with Gasteiger partial charge < -0.3 is 0 Å². The van der Waals surface area contributed by atoms with Crippen LogP contribution in [-0.4, -0.2) is 9.97 Å². The number of rotatable bonds is 2. The van der Waals surface area contributed by atoms with E-state index in [2.05, 4.69) is 64.1 Å². The normalized spacial score (nSPS) is 14.2. The highest BCUT2D eigenvalue weighted by molar-refractivity contribution is 7.14. The Labute approximate surface area is 167 Å². The largest absolute Gasteiger partial charge is 0.254 e. The molecular formula is C23H20N2S2. The molecule has 5 rings (SSSR count). The summed E-state index contributed by atoms with van der Waals surface area (Å²) >= 11 is 3.76. The van der Waals surface area contributed by atoms with Crippen molar-refractivity contribution in [2.24, 2.45) is 0 Å². The molecule has 4 aromatic heterocycles. The molecular weight excluding hydrogens is 368 g/mol. The SMILES string of the molecule is Cc1cnc2c(c1)C(c1ccc(C)s1)(c1ccc(C)s1)c1cc(C)cnc1-2. The predicted octanol–water partition coefficient (Wildman–Crippen LogP) is 6.20. The molecule has 4 heteroatoms. The second-order valence-corrected chi connectivity index (χ2v) is 9.96. The van der Waals surface area contributed by atoms with Gasteiger partial charge in [-0.15, -0.1) is 22.7 Å². The minimum Gasteiger partial charge on any atom is -0.254 e. The maximum atomic E-state index is 4.84. The molecule has 27 heavy (non-hydrogen) atoms. The molecule has 0 aromatic carbocycles. The van der Waals surface area contributed by atoms with Gasteiger partial charge >= 0.3 is 0 Å². The highest BCUT2D eigenvalue weighted by Gasteiger charge is 2.49. The molecule has 0 saturated heterocycles. The quantitative estimate of drug-likeness (QED) is 0.360. The summed E-state index contributed by atoms with van der Waals surface area (Å²) in [7, 11) is 0. The van der Waals surface area contributed by atoms with E-state index in [0.717, 1.165) is 11.4 Å². The molecule has 4 heterocycles. The van der Waals surface area contributed by atoms with Crippen molar-refractivity contribution in [1.29, 1.82) is 0 Å². The lowest BCUT2D eigenvalue weighted by Gasteiger charge is -2.30. The molecule has 134 valence electrons. The summed E-state index contributed by atoms with van der Waals surface area (Å²) in [6.45, 7) is 8.61. The number of nitrogens with zero attached hydrogens (tertiary/aromatic N) is 2. The fourth-order valence-electron chi connectivity index (χ4n) is 4.16. The molecule has 0 fully saturated rings. The summed E-state index contributed by atoms with van der Waals surface area (Å²) < 4.78 is 0. The van der Waals surface area contributed by atoms with Crippen molar-refractivity contribution in [1.82, 2.24) is 9.97 Å². The van der Waals surface area contributed by atoms with Crippen LogP contribution in [0.1, 0.15) is 41.8 Å². The zero-order valence-corrected chi connectivity index (χ0v) is 17.5. The van der Waals surface area contributed by atoms with E-state index in [9.17, 15) is 0 Å². The monoisotopic (exact) mass is 388 g/mol. The lowest BCUT2D eigenvalue weighted by Crippen LogP contribution is -2.26. The van der Waals surface area contributed by atoms with E-state index >= 15 is 0 Å². The van der Waals surface area contributed by atoms with Crippen LogP contribution in [-0.2, 0) is 5.41 Å². The van der Waals surface area contributed by atoms with Crippen molar-refractivity contribution < 1.29 is 0 Å². The summed E-state index contributed by atoms with van der Waals surface area (Å²) in [5.41, 5.74) is 6.62. The van der Waals surface area contributed by atoms with E-state index in [1.807, 2.05) is 35.1 Å². The summed E-state index contributed by atoms with van der Waals surface area (Å²) in [5, 5.41) is 0. The van der Waals surface area contributed by atoms with Crippen LogP contribution < -0.4 is 0 Å². The van der Waals surface area contributed by atoms with Gasteiger partial charge in [-0.05, 0) is 63.1 Å². The minimum atomic E-state index is -0.319. The van der Waals surface area contributed by atoms with E-state index < -0.39 is 0 Å². The third-order valence-corrected chi connectivity index (χ3v) is 7.54. The van der Waals surface area contributed by atoms with Gasteiger partial charge in [0, 0.05) is 43.0 Å². The number of hydrogen-bond donors (Lipinski definition) is 0. The lowest BCUT2D eigenvalue weighted by atomic mass is 9.75. The summed E-state index contributed by atoms with van der Waals surface area (Å²) in [4.78, 5) is 15.0. The Morgan fingerprint density at radius 1 is 0.667 bits per heavy atom. The molecule has 4 aromatic rings. The fraction of sp³-hybridized carbons (Fsp3) is 0.217. The molecule has 1 aliphatic rings. The molecule has 0 spiro atoms. The van der Waals surface area contributed by atoms with Gasteiger partial charge in [-0.25, -0.2) is 0 Å². The zero-order chi connectivity index (χ0) is 18.8. The van der Waals surface area contributed by atoms with Crippen LogP contribution in [0.25, 0.3) is 11.4 Å². The summed E-state index contributed by atoms with van der Waals surface area (Å²) in [6.07, 6.45) is 3.92. The van der Waals surface area contributed by atoms with E-state index in [0.29, 0.717) is 0 Å². The van der Waals surface area contributed by atoms with Gasteiger partial charge in [0.1, 0.15) is 0 Å². The van der Waals surface area contributed by atoms with Gasteiger partial charge in [0.25, 0.3) is 0 Å². The first-order chi connectivity index (χ1) is 13.0. The van der Waals surface area contributed by atoms with Crippen LogP contribution in [0.15, 0.2) is 48.8 Å². The lowest BCUT2D eigenvalue weighted by molar-refractivity contribution is 0.800. The standard InChI is InChI=1S/C23H20N2S2/c1-13-9-17-21(24-11-13)22-18(10-14(2)12-25-22)23(17,19-7-5-15(3)26-19)20-8-6-16(4)27-20/h5-12H,1-4H3. The molecule has 0 unspecified atom stereocenters. The number of thiophene rings is 2. The van der Waals surface area contributed by atoms with Gasteiger partial charge in [-0.3, -0.25) is 9.97 Å². The van der Waals surface area contributed by atoms with Crippen LogP contribution >= 0.6 is 22.7 Å². The highest BCUT2D eigenvalue weighted by atomic mass is 32.1. The Bertz CT molecular complexity index is 1090. The van der Waals surface area contributed by atoms with E-state index in [4.69, 9.17) is 9.97 Å². The Morgan fingerprint density at radius 3 is 1.48 bits per heavy atom. The van der Waals surface area contributed by atoms with Gasteiger partial charge in [0.2, 0.25) is 0 Å². The molecule has 0 N–H and O–H groups in total. The molecule has 1 aliphatic carbocycles. The number of fused-ring (bicyclic) bond motifs is 3. The number of aryl methyl sites for hydroxylation is 4. The van der Waals surface area contributed by atoms with Gasteiger partial charge in [0.15, 0.2) is 0 Å². The molecule has 0 radical (unpaired) electrons. The first kappa shape index (κ1) is 16.8. The van der Waals surface area contributed by atoms with Crippen molar-refractivity contribution in [3.63, 3.8) is 0 Å². The van der Waals surface area contributed by atoms with Crippen molar-refractivity contribution in [2.45, 2.75) is 33.1 Å². The Kier molecular flexibility index (Phi) is 3.65. The first-order valence-corrected chi connectivity index (χ1v) is 10.7. The maximum Gasteiger partial charge on any atom is 0.0938 e. The first-order valence-electron chi connectivity index (χ1n) is 9.08. The van der Waals surface area contributed by atoms with E-state index in [-0.39, 0.29) is 5.41 Å². The van der Waals surface area contributed by atoms with Crippen molar-refractivity contribution >= 4 is 22.7 Å². The van der Waals surface area contributed by atoms with Gasteiger partial charge in [-0.2, -0.15) is 0 Å². The molecule has 0 amide bonds. The molecule has 0 saturated carbocycles. The predicted molar refractivity (Wildman–Crippen MR) is 114 cm³/mol. The van der Waals surface area contributed by atoms with Crippen LogP contribution in [0.5, 0.6) is 0 Å². The number of aromatic nitrogens is 2. The van der Waals surface area contributed by atoms with E-state index in [1.54, 1.807) is 0 Å². The minimum absolute atomic E-state index is 0.319. The molecule has 0 atom stereocenters. The smallest absolute Gasteiger partial charge is 0.0938 e. The van der Waals surface area contributed by atoms with Crippen molar-refractivity contribution in [2.75, 3.05) is 0 Å². The van der Waals surface area contributed by atoms with Crippen molar-refractivity contribution in [3.8, 4) is 11.4 Å². The second-order valence-electron chi connectivity index (χ2n) is 7.39. The second kappa shape index (κ2) is 5.85. The Balaban J connectivity index is 1.99. The topological polar surface area (TPSA) is 25.8 Å². The van der Waals surface area contributed by atoms with Crippen LogP contribution in [0.2, 0.25) is 0 Å². The Hall–Kier alpha value is -2.30. The molecule has 0 bridgehead atoms. The average molecular weight is 389 g/mol.